The van der Waals surface area contributed by atoms with E-state index in [-0.39, 0.29) is 5.91 Å². The second kappa shape index (κ2) is 6.55. The fourth-order valence-electron chi connectivity index (χ4n) is 1.23. The van der Waals surface area contributed by atoms with Crippen molar-refractivity contribution < 1.29 is 4.79 Å². The smallest absolute Gasteiger partial charge is 0.230 e. The third-order valence-electron chi connectivity index (χ3n) is 2.10. The van der Waals surface area contributed by atoms with E-state index >= 15 is 0 Å². The van der Waals surface area contributed by atoms with Gasteiger partial charge in [0.05, 0.1) is 12.3 Å². The third kappa shape index (κ3) is 4.15. The zero-order valence-corrected chi connectivity index (χ0v) is 11.8. The Labute approximate surface area is 117 Å². The predicted molar refractivity (Wildman–Crippen MR) is 73.1 cm³/mol. The summed E-state index contributed by atoms with van der Waals surface area (Å²) in [5, 5.41) is 9.15. The molecule has 0 fully saturated rings. The number of H-pyrrole nitrogens is 1. The number of carbonyl (C=O) groups is 1. The molecule has 0 saturated heterocycles. The lowest BCUT2D eigenvalue weighted by Gasteiger charge is -2.03. The Balaban J connectivity index is 1.73. The Kier molecular flexibility index (Phi) is 4.77. The van der Waals surface area contributed by atoms with Crippen molar-refractivity contribution >= 4 is 33.6 Å². The Bertz CT molecular complexity index is 500. The van der Waals surface area contributed by atoms with Gasteiger partial charge in [-0.2, -0.15) is 5.10 Å². The van der Waals surface area contributed by atoms with Crippen LogP contribution in [0.4, 0.5) is 0 Å². The van der Waals surface area contributed by atoms with Gasteiger partial charge in [-0.15, -0.1) is 11.8 Å². The number of thioether (sulfide) groups is 1. The van der Waals surface area contributed by atoms with Gasteiger partial charge in [-0.25, -0.2) is 4.98 Å². The molecular weight excluding hydrogens is 316 g/mol. The normalized spacial score (nSPS) is 10.3. The van der Waals surface area contributed by atoms with Crippen LogP contribution in [-0.2, 0) is 11.3 Å². The Hall–Kier alpha value is -1.34. The molecule has 18 heavy (non-hydrogen) atoms. The van der Waals surface area contributed by atoms with E-state index in [4.69, 9.17) is 0 Å². The van der Waals surface area contributed by atoms with Crippen LogP contribution in [0.3, 0.4) is 0 Å². The number of hydrogen-bond acceptors (Lipinski definition) is 4. The first kappa shape index (κ1) is 13.1. The van der Waals surface area contributed by atoms with Crippen molar-refractivity contribution in [3.8, 4) is 0 Å². The number of benzene rings is 1. The van der Waals surface area contributed by atoms with E-state index < -0.39 is 0 Å². The molecule has 1 amide bonds. The number of amides is 1. The molecule has 0 aliphatic rings. The Morgan fingerprint density at radius 1 is 1.39 bits per heavy atom. The number of rotatable bonds is 5. The monoisotopic (exact) mass is 326 g/mol. The van der Waals surface area contributed by atoms with Gasteiger partial charge in [0, 0.05) is 9.37 Å². The zero-order chi connectivity index (χ0) is 12.8. The molecule has 2 aromatic rings. The summed E-state index contributed by atoms with van der Waals surface area (Å²) in [6.45, 7) is 0.375. The van der Waals surface area contributed by atoms with Crippen molar-refractivity contribution in [2.24, 2.45) is 0 Å². The lowest BCUT2D eigenvalue weighted by molar-refractivity contribution is -0.118. The summed E-state index contributed by atoms with van der Waals surface area (Å²) in [7, 11) is 0. The minimum atomic E-state index is -0.0284. The van der Waals surface area contributed by atoms with Crippen LogP contribution in [0.25, 0.3) is 0 Å². The van der Waals surface area contributed by atoms with Crippen molar-refractivity contribution in [1.82, 2.24) is 20.5 Å². The van der Waals surface area contributed by atoms with E-state index in [1.54, 1.807) is 0 Å². The number of halogens is 1. The van der Waals surface area contributed by atoms with Gasteiger partial charge in [-0.05, 0) is 24.3 Å². The average molecular weight is 327 g/mol. The second-order valence-electron chi connectivity index (χ2n) is 3.45. The fraction of sp³-hybridized carbons (Fsp3) is 0.182. The molecule has 0 saturated carbocycles. The van der Waals surface area contributed by atoms with E-state index in [9.17, 15) is 4.79 Å². The number of carbonyl (C=O) groups excluding carboxylic acids is 1. The van der Waals surface area contributed by atoms with E-state index in [1.165, 1.54) is 18.1 Å². The molecule has 0 atom stereocenters. The maximum absolute atomic E-state index is 11.6. The molecule has 94 valence electrons. The van der Waals surface area contributed by atoms with Crippen LogP contribution in [0.1, 0.15) is 5.82 Å². The summed E-state index contributed by atoms with van der Waals surface area (Å²) in [5.41, 5.74) is 0. The molecule has 7 heteroatoms. The standard InChI is InChI=1S/C11H11BrN4OS/c12-8-1-3-9(4-2-8)18-6-11(17)13-5-10-14-7-15-16-10/h1-4,7H,5-6H2,(H,13,17)(H,14,15,16). The zero-order valence-electron chi connectivity index (χ0n) is 9.39. The minimum Gasteiger partial charge on any atom is -0.348 e. The van der Waals surface area contributed by atoms with Crippen molar-refractivity contribution in [3.05, 3.63) is 40.9 Å². The molecule has 1 aromatic carbocycles. The summed E-state index contributed by atoms with van der Waals surface area (Å²) in [5.74, 6) is 1.01. The van der Waals surface area contributed by atoms with Gasteiger partial charge in [0.25, 0.3) is 0 Å². The summed E-state index contributed by atoms with van der Waals surface area (Å²) in [4.78, 5) is 16.6. The molecule has 0 unspecified atom stereocenters. The number of nitrogens with zero attached hydrogens (tertiary/aromatic N) is 2. The molecule has 1 heterocycles. The number of hydrogen-bond donors (Lipinski definition) is 2. The first-order chi connectivity index (χ1) is 8.74. The fourth-order valence-corrected chi connectivity index (χ4v) is 2.22. The van der Waals surface area contributed by atoms with Crippen LogP contribution in [0.5, 0.6) is 0 Å². The molecule has 0 radical (unpaired) electrons. The van der Waals surface area contributed by atoms with Gasteiger partial charge in [0.1, 0.15) is 12.2 Å². The molecule has 2 N–H and O–H groups in total. The van der Waals surface area contributed by atoms with Crippen LogP contribution in [0, 0.1) is 0 Å². The minimum absolute atomic E-state index is 0.0284. The Morgan fingerprint density at radius 2 is 2.17 bits per heavy atom. The number of nitrogens with one attached hydrogen (secondary N) is 2. The molecule has 0 spiro atoms. The molecule has 0 aliphatic heterocycles. The van der Waals surface area contributed by atoms with E-state index in [2.05, 4.69) is 36.4 Å². The third-order valence-corrected chi connectivity index (χ3v) is 3.64. The van der Waals surface area contributed by atoms with E-state index in [1.807, 2.05) is 24.3 Å². The topological polar surface area (TPSA) is 70.7 Å². The SMILES string of the molecule is O=C(CSc1ccc(Br)cc1)NCc1ncn[nH]1. The maximum Gasteiger partial charge on any atom is 0.230 e. The van der Waals surface area contributed by atoms with Crippen LogP contribution >= 0.6 is 27.7 Å². The van der Waals surface area contributed by atoms with Gasteiger partial charge in [0.15, 0.2) is 0 Å². The van der Waals surface area contributed by atoms with Crippen LogP contribution in [0.2, 0.25) is 0 Å². The highest BCUT2D eigenvalue weighted by Gasteiger charge is 2.03. The quantitative estimate of drug-likeness (QED) is 0.824. The summed E-state index contributed by atoms with van der Waals surface area (Å²) < 4.78 is 1.03. The van der Waals surface area contributed by atoms with Crippen molar-refractivity contribution in [1.29, 1.82) is 0 Å². The number of aromatic amines is 1. The first-order valence-electron chi connectivity index (χ1n) is 5.23. The van der Waals surface area contributed by atoms with Gasteiger partial charge < -0.3 is 5.32 Å². The molecule has 1 aromatic heterocycles. The molecule has 5 nitrogen and oxygen atoms in total. The predicted octanol–water partition coefficient (Wildman–Crippen LogP) is 1.98. The average Bonchev–Trinajstić information content (AvgIpc) is 2.89. The summed E-state index contributed by atoms with van der Waals surface area (Å²) >= 11 is 4.86. The van der Waals surface area contributed by atoms with Crippen molar-refractivity contribution in [2.45, 2.75) is 11.4 Å². The highest BCUT2D eigenvalue weighted by Crippen LogP contribution is 2.20. The van der Waals surface area contributed by atoms with Gasteiger partial charge >= 0.3 is 0 Å². The van der Waals surface area contributed by atoms with Gasteiger partial charge in [0.2, 0.25) is 5.91 Å². The highest BCUT2D eigenvalue weighted by molar-refractivity contribution is 9.10. The highest BCUT2D eigenvalue weighted by atomic mass is 79.9. The Morgan fingerprint density at radius 3 is 2.83 bits per heavy atom. The number of aromatic nitrogens is 3. The van der Waals surface area contributed by atoms with Gasteiger partial charge in [-0.3, -0.25) is 9.89 Å². The van der Waals surface area contributed by atoms with Crippen molar-refractivity contribution in [2.75, 3.05) is 5.75 Å². The largest absolute Gasteiger partial charge is 0.348 e. The summed E-state index contributed by atoms with van der Waals surface area (Å²) in [6, 6.07) is 7.85. The molecule has 0 bridgehead atoms. The summed E-state index contributed by atoms with van der Waals surface area (Å²) in [6.07, 6.45) is 1.41. The lowest BCUT2D eigenvalue weighted by Crippen LogP contribution is -2.25. The van der Waals surface area contributed by atoms with E-state index in [0.717, 1.165) is 9.37 Å². The molecule has 0 aliphatic carbocycles. The van der Waals surface area contributed by atoms with Crippen molar-refractivity contribution in [3.63, 3.8) is 0 Å². The first-order valence-corrected chi connectivity index (χ1v) is 7.01. The molecule has 2 rings (SSSR count). The maximum atomic E-state index is 11.6. The van der Waals surface area contributed by atoms with Crippen LogP contribution in [0.15, 0.2) is 40.0 Å². The molecular formula is C11H11BrN4OS. The van der Waals surface area contributed by atoms with Crippen LogP contribution in [-0.4, -0.2) is 26.8 Å². The van der Waals surface area contributed by atoms with Crippen LogP contribution < -0.4 is 5.32 Å². The van der Waals surface area contributed by atoms with E-state index in [0.29, 0.717) is 18.1 Å². The van der Waals surface area contributed by atoms with Gasteiger partial charge in [-0.1, -0.05) is 15.9 Å². The second-order valence-corrected chi connectivity index (χ2v) is 5.42. The lowest BCUT2D eigenvalue weighted by atomic mass is 10.4.